The Kier molecular flexibility index (Phi) is 3.09. The van der Waals surface area contributed by atoms with Crippen LogP contribution in [-0.2, 0) is 0 Å². The second-order valence-corrected chi connectivity index (χ2v) is 4.45. The molecule has 2 nitrogen and oxygen atoms in total. The molecule has 0 aromatic carbocycles. The van der Waals surface area contributed by atoms with Crippen LogP contribution in [0.2, 0.25) is 0 Å². The third kappa shape index (κ3) is 1.37. The van der Waals surface area contributed by atoms with E-state index in [9.17, 15) is 5.11 Å². The lowest BCUT2D eigenvalue weighted by molar-refractivity contribution is -0.589. The van der Waals surface area contributed by atoms with Gasteiger partial charge in [0.1, 0.15) is 0 Å². The molecule has 0 radical (unpaired) electrons. The van der Waals surface area contributed by atoms with Crippen molar-refractivity contribution >= 4 is 27.9 Å². The quantitative estimate of drug-likeness (QED) is 0.463. The van der Waals surface area contributed by atoms with Crippen LogP contribution in [0.1, 0.15) is 0 Å². The number of rotatable bonds is 0. The van der Waals surface area contributed by atoms with Crippen LogP contribution in [0.25, 0.3) is 0 Å². The van der Waals surface area contributed by atoms with Gasteiger partial charge in [0.25, 0.3) is 10.6 Å². The first-order valence-electron chi connectivity index (χ1n) is 2.95. The molecule has 58 valence electrons. The largest absolute Gasteiger partial charge is 1.00 e. The van der Waals surface area contributed by atoms with Gasteiger partial charge in [0.2, 0.25) is 0 Å². The van der Waals surface area contributed by atoms with Crippen molar-refractivity contribution in [1.82, 2.24) is 0 Å². The summed E-state index contributed by atoms with van der Waals surface area (Å²) in [4.78, 5) is 0. The molecule has 2 aliphatic rings. The SMILES string of the molecule is OC1CSC2=[N+]1CCS2.[Br-]. The molecule has 2 aliphatic heterocycles. The van der Waals surface area contributed by atoms with Crippen LogP contribution in [0.15, 0.2) is 0 Å². The van der Waals surface area contributed by atoms with Crippen molar-refractivity contribution < 1.29 is 26.7 Å². The van der Waals surface area contributed by atoms with Gasteiger partial charge in [0, 0.05) is 0 Å². The van der Waals surface area contributed by atoms with Gasteiger partial charge in [-0.2, -0.15) is 4.58 Å². The summed E-state index contributed by atoms with van der Waals surface area (Å²) in [6.07, 6.45) is -0.194. The number of halogens is 1. The standard InChI is InChI=1S/C5H8NOS2.BrH/c7-4-3-9-5-6(4)1-2-8-5;/h4,7H,1-3H2;1H/q+1;/p-1. The second-order valence-electron chi connectivity index (χ2n) is 2.10. The van der Waals surface area contributed by atoms with Gasteiger partial charge in [-0.05, 0) is 23.5 Å². The first-order valence-corrected chi connectivity index (χ1v) is 4.92. The van der Waals surface area contributed by atoms with Gasteiger partial charge in [0.05, 0.1) is 11.5 Å². The van der Waals surface area contributed by atoms with Gasteiger partial charge in [-0.1, -0.05) is 0 Å². The minimum Gasteiger partial charge on any atom is -1.00 e. The third-order valence-electron chi connectivity index (χ3n) is 1.51. The van der Waals surface area contributed by atoms with E-state index in [4.69, 9.17) is 0 Å². The monoisotopic (exact) mass is 241 g/mol. The Hall–Kier alpha value is 0.810. The maximum Gasteiger partial charge on any atom is 0.272 e. The van der Waals surface area contributed by atoms with Crippen LogP contribution in [-0.4, -0.2) is 38.3 Å². The number of hydrogen-bond acceptors (Lipinski definition) is 3. The van der Waals surface area contributed by atoms with Crippen molar-refractivity contribution in [2.75, 3.05) is 18.1 Å². The van der Waals surface area contributed by atoms with Crippen LogP contribution < -0.4 is 17.0 Å². The second kappa shape index (κ2) is 3.47. The lowest BCUT2D eigenvalue weighted by atomic mass is 10.6. The maximum atomic E-state index is 9.27. The van der Waals surface area contributed by atoms with Crippen LogP contribution in [0, 0.1) is 0 Å². The molecule has 1 atom stereocenters. The molecule has 10 heavy (non-hydrogen) atoms. The zero-order valence-electron chi connectivity index (χ0n) is 5.29. The normalized spacial score (nSPS) is 30.3. The van der Waals surface area contributed by atoms with Gasteiger partial charge in [-0.25, -0.2) is 0 Å². The fraction of sp³-hybridized carbons (Fsp3) is 0.800. The summed E-state index contributed by atoms with van der Waals surface area (Å²) in [6, 6.07) is 0. The zero-order valence-corrected chi connectivity index (χ0v) is 8.51. The van der Waals surface area contributed by atoms with E-state index in [1.807, 2.05) is 11.8 Å². The average Bonchev–Trinajstić information content (AvgIpc) is 2.35. The van der Waals surface area contributed by atoms with E-state index in [-0.39, 0.29) is 23.2 Å². The summed E-state index contributed by atoms with van der Waals surface area (Å²) in [7, 11) is 0. The molecule has 1 unspecified atom stereocenters. The summed E-state index contributed by atoms with van der Waals surface area (Å²) in [5.74, 6) is 2.02. The summed E-state index contributed by atoms with van der Waals surface area (Å²) < 4.78 is 3.40. The molecule has 2 rings (SSSR count). The van der Waals surface area contributed by atoms with E-state index in [1.165, 1.54) is 4.38 Å². The number of thioether (sulfide) groups is 2. The highest BCUT2D eigenvalue weighted by molar-refractivity contribution is 8.38. The fourth-order valence-electron chi connectivity index (χ4n) is 1.04. The molecule has 0 amide bonds. The molecule has 5 heteroatoms. The third-order valence-corrected chi connectivity index (χ3v) is 4.03. The molecule has 0 saturated heterocycles. The smallest absolute Gasteiger partial charge is 0.272 e. The summed E-state index contributed by atoms with van der Waals surface area (Å²) >= 11 is 3.64. The topological polar surface area (TPSA) is 23.2 Å². The van der Waals surface area contributed by atoms with Crippen molar-refractivity contribution in [3.63, 3.8) is 0 Å². The number of hydrogen-bond donors (Lipinski definition) is 1. The molecular formula is C5H8BrNOS2. The van der Waals surface area contributed by atoms with Crippen molar-refractivity contribution in [2.45, 2.75) is 6.23 Å². The Labute approximate surface area is 78.8 Å². The van der Waals surface area contributed by atoms with E-state index in [2.05, 4.69) is 4.58 Å². The van der Waals surface area contributed by atoms with Crippen LogP contribution in [0.3, 0.4) is 0 Å². The van der Waals surface area contributed by atoms with Crippen LogP contribution >= 0.6 is 23.5 Å². The highest BCUT2D eigenvalue weighted by Crippen LogP contribution is 2.28. The van der Waals surface area contributed by atoms with E-state index in [0.29, 0.717) is 0 Å². The number of aliphatic hydroxyl groups is 1. The Balaban J connectivity index is 0.000000500. The molecule has 0 aromatic rings. The fourth-order valence-corrected chi connectivity index (χ4v) is 3.52. The lowest BCUT2D eigenvalue weighted by Crippen LogP contribution is -3.00. The summed E-state index contributed by atoms with van der Waals surface area (Å²) in [6.45, 7) is 1.04. The first kappa shape index (κ1) is 8.90. The maximum absolute atomic E-state index is 9.27. The summed E-state index contributed by atoms with van der Waals surface area (Å²) in [5.41, 5.74) is 0. The Bertz CT molecular complexity index is 173. The average molecular weight is 242 g/mol. The van der Waals surface area contributed by atoms with Gasteiger partial charge in [-0.3, -0.25) is 0 Å². The first-order chi connectivity index (χ1) is 4.38. The minimum absolute atomic E-state index is 0. The minimum atomic E-state index is -0.194. The summed E-state index contributed by atoms with van der Waals surface area (Å²) in [5, 5.41) is 9.27. The van der Waals surface area contributed by atoms with Crippen molar-refractivity contribution in [1.29, 1.82) is 0 Å². The van der Waals surface area contributed by atoms with Crippen molar-refractivity contribution in [2.24, 2.45) is 0 Å². The van der Waals surface area contributed by atoms with E-state index >= 15 is 0 Å². The molecule has 1 N–H and O–H groups in total. The number of aliphatic hydroxyl groups excluding tert-OH is 1. The van der Waals surface area contributed by atoms with E-state index in [1.54, 1.807) is 11.8 Å². The highest BCUT2D eigenvalue weighted by atomic mass is 79.9. The Morgan fingerprint density at radius 3 is 3.00 bits per heavy atom. The lowest BCUT2D eigenvalue weighted by Gasteiger charge is -1.95. The molecule has 2 heterocycles. The van der Waals surface area contributed by atoms with E-state index < -0.39 is 0 Å². The zero-order chi connectivity index (χ0) is 6.27. The highest BCUT2D eigenvalue weighted by Gasteiger charge is 2.36. The van der Waals surface area contributed by atoms with Crippen LogP contribution in [0.4, 0.5) is 0 Å². The van der Waals surface area contributed by atoms with Gasteiger partial charge in [0.15, 0.2) is 6.54 Å². The predicted octanol–water partition coefficient (Wildman–Crippen LogP) is -2.83. The molecule has 0 bridgehead atoms. The molecule has 0 aromatic heterocycles. The molecule has 0 aliphatic carbocycles. The molecule has 0 saturated carbocycles. The van der Waals surface area contributed by atoms with Crippen molar-refractivity contribution in [3.05, 3.63) is 0 Å². The predicted molar refractivity (Wildman–Crippen MR) is 41.1 cm³/mol. The molecular weight excluding hydrogens is 234 g/mol. The van der Waals surface area contributed by atoms with Crippen molar-refractivity contribution in [3.8, 4) is 0 Å². The molecule has 0 fully saturated rings. The Morgan fingerprint density at radius 1 is 1.50 bits per heavy atom. The van der Waals surface area contributed by atoms with Gasteiger partial charge >= 0.3 is 0 Å². The van der Waals surface area contributed by atoms with Gasteiger partial charge in [-0.15, -0.1) is 0 Å². The molecule has 0 spiro atoms. The van der Waals surface area contributed by atoms with Crippen LogP contribution in [0.5, 0.6) is 0 Å². The van der Waals surface area contributed by atoms with Gasteiger partial charge < -0.3 is 22.1 Å². The number of nitrogens with zero attached hydrogens (tertiary/aromatic N) is 1. The Morgan fingerprint density at radius 2 is 2.30 bits per heavy atom. The van der Waals surface area contributed by atoms with E-state index in [0.717, 1.165) is 18.1 Å².